The van der Waals surface area contributed by atoms with Gasteiger partial charge < -0.3 is 10.2 Å². The molecule has 3 aromatic rings. The lowest BCUT2D eigenvalue weighted by Gasteiger charge is -2.33. The first kappa shape index (κ1) is 27.6. The molecule has 0 saturated heterocycles. The monoisotopic (exact) mass is 623 g/mol. The average Bonchev–Trinajstić information content (AvgIpc) is 2.85. The Morgan fingerprint density at radius 3 is 2.17 bits per heavy atom. The van der Waals surface area contributed by atoms with Crippen molar-refractivity contribution in [1.29, 1.82) is 0 Å². The summed E-state index contributed by atoms with van der Waals surface area (Å²) >= 11 is 2.10. The fourth-order valence-corrected chi connectivity index (χ4v) is 4.96. The highest BCUT2D eigenvalue weighted by atomic mass is 127. The summed E-state index contributed by atoms with van der Waals surface area (Å²) in [5.41, 5.74) is 1.33. The largest absolute Gasteiger partial charge is 0.357 e. The summed E-state index contributed by atoms with van der Waals surface area (Å²) in [5.74, 6) is -1.60. The molecule has 0 aliphatic carbocycles. The number of amides is 2. The maximum Gasteiger partial charge on any atom is 0.244 e. The third-order valence-electron chi connectivity index (χ3n) is 5.61. The van der Waals surface area contributed by atoms with Crippen LogP contribution < -0.4 is 9.62 Å². The van der Waals surface area contributed by atoms with Gasteiger partial charge in [-0.25, -0.2) is 12.8 Å². The van der Waals surface area contributed by atoms with Crippen LogP contribution in [-0.2, 0) is 32.6 Å². The van der Waals surface area contributed by atoms with Gasteiger partial charge in [0.15, 0.2) is 0 Å². The van der Waals surface area contributed by atoms with Gasteiger partial charge in [-0.15, -0.1) is 0 Å². The number of anilines is 1. The van der Waals surface area contributed by atoms with E-state index in [1.165, 1.54) is 30.1 Å². The highest BCUT2D eigenvalue weighted by molar-refractivity contribution is 14.1. The van der Waals surface area contributed by atoms with E-state index < -0.39 is 40.2 Å². The molecule has 0 heterocycles. The second kappa shape index (κ2) is 12.3. The minimum Gasteiger partial charge on any atom is -0.357 e. The van der Waals surface area contributed by atoms with E-state index in [2.05, 4.69) is 27.9 Å². The number of hydrogen-bond acceptors (Lipinski definition) is 4. The standard InChI is InChI=1S/C26H27FIN3O4S/c1-29-26(33)24(16-19-8-4-3-5-9-19)30(17-20-10-6-7-11-23(20)27)25(32)18-31(36(2,34)35)22-14-12-21(28)13-15-22/h3-15,24H,16-18H2,1-2H3,(H,29,33). The molecule has 1 unspecified atom stereocenters. The summed E-state index contributed by atoms with van der Waals surface area (Å²) in [7, 11) is -2.38. The molecule has 0 aliphatic rings. The van der Waals surface area contributed by atoms with Crippen LogP contribution in [0.25, 0.3) is 0 Å². The second-order valence-corrected chi connectivity index (χ2v) is 11.3. The number of halogens is 2. The Morgan fingerprint density at radius 1 is 0.972 bits per heavy atom. The molecule has 2 amide bonds. The molecule has 10 heteroatoms. The predicted octanol–water partition coefficient (Wildman–Crippen LogP) is 3.58. The SMILES string of the molecule is CNC(=O)C(Cc1ccccc1)N(Cc1ccccc1F)C(=O)CN(c1ccc(I)cc1)S(C)(=O)=O. The number of benzene rings is 3. The van der Waals surface area contributed by atoms with Gasteiger partial charge in [-0.3, -0.25) is 13.9 Å². The van der Waals surface area contributed by atoms with Crippen molar-refractivity contribution in [2.75, 3.05) is 24.2 Å². The zero-order valence-electron chi connectivity index (χ0n) is 19.9. The maximum atomic E-state index is 14.6. The van der Waals surface area contributed by atoms with Crippen LogP contribution in [0.3, 0.4) is 0 Å². The maximum absolute atomic E-state index is 14.6. The molecule has 3 rings (SSSR count). The first-order valence-corrected chi connectivity index (χ1v) is 14.0. The van der Waals surface area contributed by atoms with Crippen LogP contribution in [0.2, 0.25) is 0 Å². The zero-order chi connectivity index (χ0) is 26.3. The number of nitrogens with zero attached hydrogens (tertiary/aromatic N) is 2. The zero-order valence-corrected chi connectivity index (χ0v) is 22.9. The molecule has 1 atom stereocenters. The molecule has 0 bridgehead atoms. The fraction of sp³-hybridized carbons (Fsp3) is 0.231. The Balaban J connectivity index is 2.03. The van der Waals surface area contributed by atoms with E-state index in [1.54, 1.807) is 30.3 Å². The first-order valence-electron chi connectivity index (χ1n) is 11.1. The third kappa shape index (κ3) is 7.26. The van der Waals surface area contributed by atoms with Crippen LogP contribution in [0, 0.1) is 9.39 Å². The molecule has 36 heavy (non-hydrogen) atoms. The van der Waals surface area contributed by atoms with Gasteiger partial charge in [-0.1, -0.05) is 48.5 Å². The molecule has 0 spiro atoms. The molecule has 7 nitrogen and oxygen atoms in total. The van der Waals surface area contributed by atoms with Gasteiger partial charge in [0.1, 0.15) is 18.4 Å². The van der Waals surface area contributed by atoms with Gasteiger partial charge in [-0.05, 0) is 58.5 Å². The van der Waals surface area contributed by atoms with Gasteiger partial charge in [0.05, 0.1) is 11.9 Å². The van der Waals surface area contributed by atoms with Crippen molar-refractivity contribution in [1.82, 2.24) is 10.2 Å². The van der Waals surface area contributed by atoms with Crippen LogP contribution >= 0.6 is 22.6 Å². The van der Waals surface area contributed by atoms with Crippen molar-refractivity contribution in [3.63, 3.8) is 0 Å². The summed E-state index contributed by atoms with van der Waals surface area (Å²) < 4.78 is 41.8. The van der Waals surface area contributed by atoms with Gasteiger partial charge in [0.2, 0.25) is 21.8 Å². The van der Waals surface area contributed by atoms with Gasteiger partial charge in [0.25, 0.3) is 0 Å². The van der Waals surface area contributed by atoms with Crippen LogP contribution in [0.15, 0.2) is 78.9 Å². The van der Waals surface area contributed by atoms with Gasteiger partial charge in [-0.2, -0.15) is 0 Å². The highest BCUT2D eigenvalue weighted by Crippen LogP contribution is 2.22. The Labute approximate surface area is 224 Å². The lowest BCUT2D eigenvalue weighted by molar-refractivity contribution is -0.139. The van der Waals surface area contributed by atoms with Crippen molar-refractivity contribution in [3.05, 3.63) is 99.4 Å². The number of likely N-dealkylation sites (N-methyl/N-ethyl adjacent to an activating group) is 1. The van der Waals surface area contributed by atoms with Crippen LogP contribution in [0.1, 0.15) is 11.1 Å². The Morgan fingerprint density at radius 2 is 1.58 bits per heavy atom. The second-order valence-electron chi connectivity index (χ2n) is 8.18. The smallest absolute Gasteiger partial charge is 0.244 e. The van der Waals surface area contributed by atoms with Crippen molar-refractivity contribution >= 4 is 50.1 Å². The average molecular weight is 623 g/mol. The van der Waals surface area contributed by atoms with E-state index in [-0.39, 0.29) is 18.5 Å². The Kier molecular flexibility index (Phi) is 9.43. The summed E-state index contributed by atoms with van der Waals surface area (Å²) in [6, 6.07) is 20.8. The molecule has 3 aromatic carbocycles. The van der Waals surface area contributed by atoms with Crippen molar-refractivity contribution in [2.24, 2.45) is 0 Å². The molecule has 0 fully saturated rings. The van der Waals surface area contributed by atoms with E-state index in [9.17, 15) is 22.4 Å². The van der Waals surface area contributed by atoms with Crippen LogP contribution in [-0.4, -0.2) is 51.0 Å². The van der Waals surface area contributed by atoms with Crippen molar-refractivity contribution in [3.8, 4) is 0 Å². The molecule has 0 aliphatic heterocycles. The first-order chi connectivity index (χ1) is 17.1. The molecule has 0 radical (unpaired) electrons. The predicted molar refractivity (Wildman–Crippen MR) is 146 cm³/mol. The quantitative estimate of drug-likeness (QED) is 0.350. The molecular formula is C26H27FIN3O4S. The van der Waals surface area contributed by atoms with Crippen molar-refractivity contribution < 1.29 is 22.4 Å². The van der Waals surface area contributed by atoms with E-state index in [0.29, 0.717) is 5.69 Å². The van der Waals surface area contributed by atoms with E-state index in [4.69, 9.17) is 0 Å². The topological polar surface area (TPSA) is 86.8 Å². The van der Waals surface area contributed by atoms with Crippen molar-refractivity contribution in [2.45, 2.75) is 19.0 Å². The number of sulfonamides is 1. The molecule has 190 valence electrons. The number of nitrogens with one attached hydrogen (secondary N) is 1. The third-order valence-corrected chi connectivity index (χ3v) is 7.47. The van der Waals surface area contributed by atoms with E-state index in [1.807, 2.05) is 30.3 Å². The Bertz CT molecular complexity index is 1300. The minimum atomic E-state index is -3.84. The highest BCUT2D eigenvalue weighted by Gasteiger charge is 2.33. The van der Waals surface area contributed by atoms with E-state index in [0.717, 1.165) is 19.7 Å². The van der Waals surface area contributed by atoms with E-state index >= 15 is 0 Å². The van der Waals surface area contributed by atoms with Crippen LogP contribution in [0.5, 0.6) is 0 Å². The molecule has 0 aromatic heterocycles. The summed E-state index contributed by atoms with van der Waals surface area (Å²) in [6.45, 7) is -0.753. The number of hydrogen-bond donors (Lipinski definition) is 1. The summed E-state index contributed by atoms with van der Waals surface area (Å²) in [4.78, 5) is 28.0. The molecule has 1 N–H and O–H groups in total. The minimum absolute atomic E-state index is 0.170. The lowest BCUT2D eigenvalue weighted by atomic mass is 10.0. The lowest BCUT2D eigenvalue weighted by Crippen LogP contribution is -2.53. The number of rotatable bonds is 10. The van der Waals surface area contributed by atoms with Gasteiger partial charge in [0, 0.05) is 29.1 Å². The number of carbonyl (C=O) groups excluding carboxylic acids is 2. The normalized spacial score (nSPS) is 12.0. The van der Waals surface area contributed by atoms with Crippen LogP contribution in [0.4, 0.5) is 10.1 Å². The summed E-state index contributed by atoms with van der Waals surface area (Å²) in [6.07, 6.45) is 1.18. The summed E-state index contributed by atoms with van der Waals surface area (Å²) in [5, 5.41) is 2.58. The Hall–Kier alpha value is -2.99. The fourth-order valence-electron chi connectivity index (χ4n) is 3.75. The number of carbonyl (C=O) groups is 2. The van der Waals surface area contributed by atoms with Gasteiger partial charge >= 0.3 is 0 Å². The molecule has 0 saturated carbocycles. The molecular weight excluding hydrogens is 596 g/mol.